The van der Waals surface area contributed by atoms with Crippen LogP contribution in [0.2, 0.25) is 0 Å². The highest BCUT2D eigenvalue weighted by Gasteiger charge is 2.11. The van der Waals surface area contributed by atoms with Gasteiger partial charge in [0.2, 0.25) is 0 Å². The van der Waals surface area contributed by atoms with Gasteiger partial charge in [-0.25, -0.2) is 5.43 Å². The third kappa shape index (κ3) is 5.28. The van der Waals surface area contributed by atoms with Crippen LogP contribution in [0.5, 0.6) is 5.75 Å². The fourth-order valence-corrected chi connectivity index (χ4v) is 2.69. The Labute approximate surface area is 149 Å². The largest absolute Gasteiger partial charge is 0.484 e. The third-order valence-corrected chi connectivity index (χ3v) is 4.43. The van der Waals surface area contributed by atoms with Crippen LogP contribution in [0.1, 0.15) is 11.8 Å². The first-order chi connectivity index (χ1) is 11.0. The topological polar surface area (TPSA) is 93.8 Å². The third-order valence-electron chi connectivity index (χ3n) is 2.68. The van der Waals surface area contributed by atoms with Crippen LogP contribution in [-0.2, 0) is 4.79 Å². The van der Waals surface area contributed by atoms with Gasteiger partial charge in [-0.15, -0.1) is 11.3 Å². The predicted molar refractivity (Wildman–Crippen MR) is 96.0 cm³/mol. The van der Waals surface area contributed by atoms with Crippen molar-refractivity contribution in [2.75, 3.05) is 6.61 Å². The Morgan fingerprint density at radius 2 is 2.13 bits per heavy atom. The molecule has 0 aliphatic rings. The standard InChI is InChI=1S/C14H12IN3O4S/c1-9(13-6-11(8-23-13)18(20)21)16-17-14(19)7-22-12-4-2-10(15)3-5-12/h2-6,8H,7H2,1H3,(H,17,19)/b16-9-. The summed E-state index contributed by atoms with van der Waals surface area (Å²) in [6.07, 6.45) is 0. The SMILES string of the molecule is C/C(=N/NC(=O)COc1ccc(I)cc1)c1cc([N+](=O)[O-])cs1. The van der Waals surface area contributed by atoms with E-state index in [1.54, 1.807) is 19.1 Å². The second-order valence-electron chi connectivity index (χ2n) is 4.40. The maximum Gasteiger partial charge on any atom is 0.280 e. The van der Waals surface area contributed by atoms with Crippen LogP contribution in [0.15, 0.2) is 40.8 Å². The first-order valence-corrected chi connectivity index (χ1v) is 8.36. The molecule has 0 radical (unpaired) electrons. The lowest BCUT2D eigenvalue weighted by Gasteiger charge is -2.05. The van der Waals surface area contributed by atoms with E-state index in [4.69, 9.17) is 4.74 Å². The molecule has 1 amide bonds. The van der Waals surface area contributed by atoms with Crippen molar-refractivity contribution >= 4 is 51.2 Å². The zero-order chi connectivity index (χ0) is 16.8. The highest BCUT2D eigenvalue weighted by Crippen LogP contribution is 2.21. The molecule has 7 nitrogen and oxygen atoms in total. The summed E-state index contributed by atoms with van der Waals surface area (Å²) in [5.74, 6) is 0.184. The summed E-state index contributed by atoms with van der Waals surface area (Å²) in [4.78, 5) is 22.5. The Bertz CT molecular complexity index is 743. The number of benzene rings is 1. The quantitative estimate of drug-likeness (QED) is 0.320. The average molecular weight is 445 g/mol. The number of carbonyl (C=O) groups excluding carboxylic acids is 1. The number of nitrogens with one attached hydrogen (secondary N) is 1. The number of hydrogen-bond donors (Lipinski definition) is 1. The van der Waals surface area contributed by atoms with E-state index in [1.807, 2.05) is 12.1 Å². The normalized spacial score (nSPS) is 11.1. The number of nitrogens with zero attached hydrogens (tertiary/aromatic N) is 2. The van der Waals surface area contributed by atoms with Crippen LogP contribution >= 0.6 is 33.9 Å². The second kappa shape index (κ2) is 8.02. The summed E-state index contributed by atoms with van der Waals surface area (Å²) in [6.45, 7) is 1.50. The van der Waals surface area contributed by atoms with Gasteiger partial charge in [0.15, 0.2) is 6.61 Å². The Hall–Kier alpha value is -2.01. The molecule has 0 saturated heterocycles. The number of amides is 1. The molecule has 0 saturated carbocycles. The number of thiophene rings is 1. The minimum atomic E-state index is -0.471. The molecule has 0 aliphatic carbocycles. The van der Waals surface area contributed by atoms with Gasteiger partial charge in [-0.3, -0.25) is 14.9 Å². The summed E-state index contributed by atoms with van der Waals surface area (Å²) in [5.41, 5.74) is 2.86. The van der Waals surface area contributed by atoms with Crippen molar-refractivity contribution in [2.45, 2.75) is 6.92 Å². The van der Waals surface area contributed by atoms with Crippen LogP contribution in [0.25, 0.3) is 0 Å². The minimum absolute atomic E-state index is 0.00733. The summed E-state index contributed by atoms with van der Waals surface area (Å²) in [5, 5.41) is 16.0. The van der Waals surface area contributed by atoms with Gasteiger partial charge in [0.1, 0.15) is 5.75 Å². The molecule has 1 heterocycles. The molecule has 9 heteroatoms. The molecule has 0 aliphatic heterocycles. The van der Waals surface area contributed by atoms with E-state index in [1.165, 1.54) is 22.8 Å². The van der Waals surface area contributed by atoms with Crippen LogP contribution in [0.4, 0.5) is 5.69 Å². The second-order valence-corrected chi connectivity index (χ2v) is 6.56. The van der Waals surface area contributed by atoms with E-state index < -0.39 is 10.8 Å². The molecule has 1 aromatic carbocycles. The molecular formula is C14H12IN3O4S. The zero-order valence-corrected chi connectivity index (χ0v) is 15.0. The van der Waals surface area contributed by atoms with Gasteiger partial charge in [0, 0.05) is 9.64 Å². The number of rotatable bonds is 6. The molecular weight excluding hydrogens is 433 g/mol. The summed E-state index contributed by atoms with van der Waals surface area (Å²) in [7, 11) is 0. The number of halogens is 1. The molecule has 0 bridgehead atoms. The number of hydrazone groups is 1. The lowest BCUT2D eigenvalue weighted by molar-refractivity contribution is -0.384. The van der Waals surface area contributed by atoms with Crippen molar-refractivity contribution in [3.8, 4) is 5.75 Å². The van der Waals surface area contributed by atoms with Gasteiger partial charge in [-0.05, 0) is 53.8 Å². The maximum absolute atomic E-state index is 11.7. The number of ether oxygens (including phenoxy) is 1. The van der Waals surface area contributed by atoms with Crippen LogP contribution < -0.4 is 10.2 Å². The van der Waals surface area contributed by atoms with Gasteiger partial charge in [-0.2, -0.15) is 5.10 Å². The molecule has 0 unspecified atom stereocenters. The van der Waals surface area contributed by atoms with Gasteiger partial charge in [0.05, 0.1) is 20.9 Å². The lowest BCUT2D eigenvalue weighted by atomic mass is 10.3. The van der Waals surface area contributed by atoms with Gasteiger partial charge in [0.25, 0.3) is 11.6 Å². The Morgan fingerprint density at radius 1 is 1.43 bits per heavy atom. The molecule has 1 aromatic heterocycles. The highest BCUT2D eigenvalue weighted by molar-refractivity contribution is 14.1. The van der Waals surface area contributed by atoms with Crippen LogP contribution in [0.3, 0.4) is 0 Å². The fraction of sp³-hybridized carbons (Fsp3) is 0.143. The molecule has 0 fully saturated rings. The molecule has 120 valence electrons. The van der Waals surface area contributed by atoms with Gasteiger partial charge >= 0.3 is 0 Å². The molecule has 2 rings (SSSR count). The number of hydrogen-bond acceptors (Lipinski definition) is 6. The monoisotopic (exact) mass is 445 g/mol. The Morgan fingerprint density at radius 3 is 2.74 bits per heavy atom. The summed E-state index contributed by atoms with van der Waals surface area (Å²) >= 11 is 3.37. The predicted octanol–water partition coefficient (Wildman–Crippen LogP) is 3.18. The van der Waals surface area contributed by atoms with E-state index in [-0.39, 0.29) is 12.3 Å². The zero-order valence-electron chi connectivity index (χ0n) is 12.0. The first kappa shape index (κ1) is 17.3. The molecule has 0 spiro atoms. The molecule has 2 aromatic rings. The maximum atomic E-state index is 11.7. The van der Waals surface area contributed by atoms with Crippen molar-refractivity contribution in [3.05, 3.63) is 54.3 Å². The van der Waals surface area contributed by atoms with Gasteiger partial charge in [-0.1, -0.05) is 0 Å². The van der Waals surface area contributed by atoms with E-state index >= 15 is 0 Å². The first-order valence-electron chi connectivity index (χ1n) is 6.40. The van der Waals surface area contributed by atoms with Crippen molar-refractivity contribution in [3.63, 3.8) is 0 Å². The molecule has 23 heavy (non-hydrogen) atoms. The van der Waals surface area contributed by atoms with Crippen molar-refractivity contribution < 1.29 is 14.5 Å². The average Bonchev–Trinajstić information content (AvgIpc) is 3.02. The van der Waals surface area contributed by atoms with Crippen molar-refractivity contribution in [1.82, 2.24) is 5.43 Å². The summed E-state index contributed by atoms with van der Waals surface area (Å²) < 4.78 is 6.40. The van der Waals surface area contributed by atoms with E-state index in [0.717, 1.165) is 3.57 Å². The van der Waals surface area contributed by atoms with E-state index in [2.05, 4.69) is 33.1 Å². The highest BCUT2D eigenvalue weighted by atomic mass is 127. The molecule has 1 N–H and O–H groups in total. The Kier molecular flexibility index (Phi) is 6.04. The number of carbonyl (C=O) groups is 1. The van der Waals surface area contributed by atoms with Crippen molar-refractivity contribution in [2.24, 2.45) is 5.10 Å². The molecule has 0 atom stereocenters. The fourth-order valence-electron chi connectivity index (χ4n) is 1.52. The number of nitro groups is 1. The van der Waals surface area contributed by atoms with Crippen molar-refractivity contribution in [1.29, 1.82) is 0 Å². The minimum Gasteiger partial charge on any atom is -0.484 e. The van der Waals surface area contributed by atoms with Crippen LogP contribution in [0, 0.1) is 13.7 Å². The van der Waals surface area contributed by atoms with Gasteiger partial charge < -0.3 is 4.74 Å². The Balaban J connectivity index is 1.86. The van der Waals surface area contributed by atoms with E-state index in [9.17, 15) is 14.9 Å². The van der Waals surface area contributed by atoms with E-state index in [0.29, 0.717) is 16.3 Å². The lowest BCUT2D eigenvalue weighted by Crippen LogP contribution is -2.25. The van der Waals surface area contributed by atoms with Crippen LogP contribution in [-0.4, -0.2) is 23.1 Å². The smallest absolute Gasteiger partial charge is 0.280 e. The summed E-state index contributed by atoms with van der Waals surface area (Å²) in [6, 6.07) is 8.71.